The molecule has 0 aliphatic carbocycles. The summed E-state index contributed by atoms with van der Waals surface area (Å²) in [6.45, 7) is 2.19. The molecule has 0 saturated heterocycles. The molecule has 14 heavy (non-hydrogen) atoms. The maximum atomic E-state index is 5.57. The summed E-state index contributed by atoms with van der Waals surface area (Å²) >= 11 is 1.69. The summed E-state index contributed by atoms with van der Waals surface area (Å²) in [4.78, 5) is 4.38. The number of thioether (sulfide) groups is 1. The molecular weight excluding hydrogens is 194 g/mol. The smallest absolute Gasteiger partial charge is 0.256 e. The molecule has 2 nitrogen and oxygen atoms in total. The Morgan fingerprint density at radius 1 is 1.36 bits per heavy atom. The van der Waals surface area contributed by atoms with Crippen molar-refractivity contribution in [1.29, 1.82) is 0 Å². The van der Waals surface area contributed by atoms with Crippen molar-refractivity contribution in [2.24, 2.45) is 0 Å². The lowest BCUT2D eigenvalue weighted by molar-refractivity contribution is 0.489. The molecule has 74 valence electrons. The largest absolute Gasteiger partial charge is 0.431 e. The molecule has 1 aromatic heterocycles. The minimum absolute atomic E-state index is 0.791. The molecule has 2 rings (SSSR count). The van der Waals surface area contributed by atoms with Crippen LogP contribution in [0, 0.1) is 0 Å². The Balaban J connectivity index is 2.11. The van der Waals surface area contributed by atoms with Gasteiger partial charge in [0.15, 0.2) is 5.58 Å². The quantitative estimate of drug-likeness (QED) is 0.564. The van der Waals surface area contributed by atoms with Gasteiger partial charge >= 0.3 is 0 Å². The molecule has 1 aromatic carbocycles. The highest BCUT2D eigenvalue weighted by atomic mass is 32.2. The molecule has 0 unspecified atom stereocenters. The summed E-state index contributed by atoms with van der Waals surface area (Å²) in [6.07, 6.45) is 2.43. The van der Waals surface area contributed by atoms with Crippen LogP contribution in [0.5, 0.6) is 0 Å². The molecule has 0 atom stereocenters. The van der Waals surface area contributed by atoms with Gasteiger partial charge in [0.2, 0.25) is 0 Å². The summed E-state index contributed by atoms with van der Waals surface area (Å²) < 4.78 is 5.57. The number of rotatable bonds is 4. The van der Waals surface area contributed by atoms with Crippen molar-refractivity contribution in [3.8, 4) is 0 Å². The fourth-order valence-corrected chi connectivity index (χ4v) is 2.14. The van der Waals surface area contributed by atoms with Gasteiger partial charge < -0.3 is 4.42 Å². The van der Waals surface area contributed by atoms with Gasteiger partial charge in [-0.05, 0) is 18.6 Å². The van der Waals surface area contributed by atoms with Crippen LogP contribution in [0.3, 0.4) is 0 Å². The van der Waals surface area contributed by atoms with Crippen LogP contribution < -0.4 is 0 Å². The molecule has 0 bridgehead atoms. The molecule has 0 spiro atoms. The maximum absolute atomic E-state index is 5.57. The Morgan fingerprint density at radius 3 is 3.00 bits per heavy atom. The molecular formula is C11H13NOS. The normalized spacial score (nSPS) is 10.9. The Kier molecular flexibility index (Phi) is 3.09. The molecule has 0 aliphatic heterocycles. The van der Waals surface area contributed by atoms with Crippen LogP contribution in [0.2, 0.25) is 0 Å². The number of para-hydroxylation sites is 2. The zero-order valence-electron chi connectivity index (χ0n) is 8.19. The number of unbranched alkanes of at least 4 members (excludes halogenated alkanes) is 1. The van der Waals surface area contributed by atoms with Gasteiger partial charge in [0.05, 0.1) is 0 Å². The number of hydrogen-bond donors (Lipinski definition) is 0. The van der Waals surface area contributed by atoms with Crippen molar-refractivity contribution in [2.45, 2.75) is 25.0 Å². The van der Waals surface area contributed by atoms with Crippen LogP contribution in [0.1, 0.15) is 19.8 Å². The SMILES string of the molecule is CCCCSc1nc2ccccc2o1. The molecule has 0 amide bonds. The zero-order chi connectivity index (χ0) is 9.80. The monoisotopic (exact) mass is 207 g/mol. The van der Waals surface area contributed by atoms with E-state index in [2.05, 4.69) is 11.9 Å². The molecule has 0 radical (unpaired) electrons. The van der Waals surface area contributed by atoms with Gasteiger partial charge in [-0.1, -0.05) is 37.2 Å². The molecule has 0 fully saturated rings. The Labute approximate surface area is 87.7 Å². The number of aromatic nitrogens is 1. The lowest BCUT2D eigenvalue weighted by atomic mass is 10.3. The van der Waals surface area contributed by atoms with E-state index in [1.807, 2.05) is 24.3 Å². The van der Waals surface area contributed by atoms with Gasteiger partial charge in [-0.2, -0.15) is 0 Å². The topological polar surface area (TPSA) is 26.0 Å². The van der Waals surface area contributed by atoms with Gasteiger partial charge in [-0.25, -0.2) is 4.98 Å². The van der Waals surface area contributed by atoms with Crippen molar-refractivity contribution in [1.82, 2.24) is 4.98 Å². The first-order valence-corrected chi connectivity index (χ1v) is 5.87. The van der Waals surface area contributed by atoms with E-state index in [9.17, 15) is 0 Å². The number of benzene rings is 1. The summed E-state index contributed by atoms with van der Waals surface area (Å²) in [5.74, 6) is 1.09. The lowest BCUT2D eigenvalue weighted by Crippen LogP contribution is -1.77. The van der Waals surface area contributed by atoms with Gasteiger partial charge in [0.1, 0.15) is 5.52 Å². The van der Waals surface area contributed by atoms with Crippen molar-refractivity contribution >= 4 is 22.9 Å². The van der Waals surface area contributed by atoms with Crippen LogP contribution in [0.25, 0.3) is 11.1 Å². The second-order valence-electron chi connectivity index (χ2n) is 3.15. The van der Waals surface area contributed by atoms with E-state index in [1.54, 1.807) is 11.8 Å². The Bertz CT molecular complexity index is 377. The number of oxazole rings is 1. The van der Waals surface area contributed by atoms with E-state index >= 15 is 0 Å². The number of fused-ring (bicyclic) bond motifs is 1. The van der Waals surface area contributed by atoms with Crippen LogP contribution in [0.15, 0.2) is 33.9 Å². The predicted molar refractivity (Wildman–Crippen MR) is 59.6 cm³/mol. The fraction of sp³-hybridized carbons (Fsp3) is 0.364. The molecule has 0 saturated carbocycles. The highest BCUT2D eigenvalue weighted by Crippen LogP contribution is 2.23. The summed E-state index contributed by atoms with van der Waals surface area (Å²) in [5, 5.41) is 0.791. The lowest BCUT2D eigenvalue weighted by Gasteiger charge is -1.91. The van der Waals surface area contributed by atoms with Crippen molar-refractivity contribution < 1.29 is 4.42 Å². The average Bonchev–Trinajstić information content (AvgIpc) is 2.60. The molecule has 0 N–H and O–H groups in total. The average molecular weight is 207 g/mol. The standard InChI is InChI=1S/C11H13NOS/c1-2-3-8-14-11-12-9-6-4-5-7-10(9)13-11/h4-7H,2-3,8H2,1H3. The predicted octanol–water partition coefficient (Wildman–Crippen LogP) is 3.72. The van der Waals surface area contributed by atoms with Gasteiger partial charge in [0.25, 0.3) is 5.22 Å². The zero-order valence-corrected chi connectivity index (χ0v) is 9.01. The first kappa shape index (κ1) is 9.59. The third-order valence-electron chi connectivity index (χ3n) is 2.00. The first-order chi connectivity index (χ1) is 6.90. The minimum atomic E-state index is 0.791. The van der Waals surface area contributed by atoms with Crippen LogP contribution in [0.4, 0.5) is 0 Å². The van der Waals surface area contributed by atoms with E-state index in [4.69, 9.17) is 4.42 Å². The fourth-order valence-electron chi connectivity index (χ4n) is 1.22. The van der Waals surface area contributed by atoms with Gasteiger partial charge in [-0.3, -0.25) is 0 Å². The second-order valence-corrected chi connectivity index (χ2v) is 4.20. The van der Waals surface area contributed by atoms with E-state index in [-0.39, 0.29) is 0 Å². The van der Waals surface area contributed by atoms with Crippen LogP contribution >= 0.6 is 11.8 Å². The number of nitrogens with zero attached hydrogens (tertiary/aromatic N) is 1. The Hall–Kier alpha value is -0.960. The van der Waals surface area contributed by atoms with Crippen molar-refractivity contribution in [3.05, 3.63) is 24.3 Å². The molecule has 2 aromatic rings. The summed E-state index contributed by atoms with van der Waals surface area (Å²) in [5.41, 5.74) is 1.83. The maximum Gasteiger partial charge on any atom is 0.256 e. The minimum Gasteiger partial charge on any atom is -0.431 e. The van der Waals surface area contributed by atoms with E-state index in [0.29, 0.717) is 0 Å². The molecule has 3 heteroatoms. The van der Waals surface area contributed by atoms with Crippen LogP contribution in [-0.4, -0.2) is 10.7 Å². The van der Waals surface area contributed by atoms with Crippen LogP contribution in [-0.2, 0) is 0 Å². The summed E-state index contributed by atoms with van der Waals surface area (Å²) in [7, 11) is 0. The highest BCUT2D eigenvalue weighted by Gasteiger charge is 2.04. The van der Waals surface area contributed by atoms with E-state index in [0.717, 1.165) is 22.1 Å². The van der Waals surface area contributed by atoms with E-state index in [1.165, 1.54) is 12.8 Å². The van der Waals surface area contributed by atoms with E-state index < -0.39 is 0 Å². The van der Waals surface area contributed by atoms with Crippen molar-refractivity contribution in [3.63, 3.8) is 0 Å². The van der Waals surface area contributed by atoms with Crippen molar-refractivity contribution in [2.75, 3.05) is 5.75 Å². The number of hydrogen-bond acceptors (Lipinski definition) is 3. The molecule has 1 heterocycles. The highest BCUT2D eigenvalue weighted by molar-refractivity contribution is 7.99. The van der Waals surface area contributed by atoms with Gasteiger partial charge in [0, 0.05) is 5.75 Å². The third kappa shape index (κ3) is 2.10. The Morgan fingerprint density at radius 2 is 2.21 bits per heavy atom. The summed E-state index contributed by atoms with van der Waals surface area (Å²) in [6, 6.07) is 7.87. The second kappa shape index (κ2) is 4.51. The van der Waals surface area contributed by atoms with Gasteiger partial charge in [-0.15, -0.1) is 0 Å². The molecule has 0 aliphatic rings. The first-order valence-electron chi connectivity index (χ1n) is 4.88. The third-order valence-corrected chi connectivity index (χ3v) is 2.91.